The zero-order valence-electron chi connectivity index (χ0n) is 9.80. The van der Waals surface area contributed by atoms with Crippen molar-refractivity contribution >= 4 is 24.9 Å². The number of unbranched alkanes of at least 4 members (excludes halogenated alkanes) is 1. The second-order valence-electron chi connectivity index (χ2n) is 4.43. The molecule has 1 unspecified atom stereocenters. The van der Waals surface area contributed by atoms with Crippen LogP contribution in [-0.2, 0) is 0 Å². The van der Waals surface area contributed by atoms with Crippen molar-refractivity contribution in [1.29, 1.82) is 0 Å². The summed E-state index contributed by atoms with van der Waals surface area (Å²) in [5, 5.41) is 1.60. The molecular weight excluding hydrogens is 220 g/mol. The van der Waals surface area contributed by atoms with Crippen LogP contribution in [0, 0.1) is 0 Å². The Bertz CT molecular complexity index is 273. The number of hydrogen-bond acceptors (Lipinski definition) is 0. The Hall–Kier alpha value is -0.273. The third kappa shape index (κ3) is 3.65. The lowest BCUT2D eigenvalue weighted by Crippen LogP contribution is -2.43. The fraction of sp³-hybridized carbons (Fsp3) is 0.538. The number of benzene rings is 1. The van der Waals surface area contributed by atoms with Gasteiger partial charge in [0.2, 0.25) is 0 Å². The molecule has 0 aliphatic carbocycles. The lowest BCUT2D eigenvalue weighted by Gasteiger charge is -2.26. The highest BCUT2D eigenvalue weighted by Gasteiger charge is 2.25. The topological polar surface area (TPSA) is 0 Å². The summed E-state index contributed by atoms with van der Waals surface area (Å²) >= 11 is 5.74. The van der Waals surface area contributed by atoms with E-state index >= 15 is 0 Å². The highest BCUT2D eigenvalue weighted by molar-refractivity contribution is 6.90. The van der Waals surface area contributed by atoms with Crippen molar-refractivity contribution < 1.29 is 0 Å². The van der Waals surface area contributed by atoms with E-state index in [9.17, 15) is 0 Å². The fourth-order valence-electron chi connectivity index (χ4n) is 1.98. The summed E-state index contributed by atoms with van der Waals surface area (Å²) in [6, 6.07) is 13.7. The van der Waals surface area contributed by atoms with Gasteiger partial charge in [0.15, 0.2) is 0 Å². The van der Waals surface area contributed by atoms with Gasteiger partial charge in [0.1, 0.15) is 0 Å². The Balaban J connectivity index is 2.67. The maximum atomic E-state index is 5.74. The van der Waals surface area contributed by atoms with Gasteiger partial charge in [-0.2, -0.15) is 0 Å². The summed E-state index contributed by atoms with van der Waals surface area (Å²) in [7, 11) is -1.20. The zero-order valence-corrected chi connectivity index (χ0v) is 11.6. The first-order valence-corrected chi connectivity index (χ1v) is 9.29. The molecule has 84 valence electrons. The minimum atomic E-state index is -1.20. The van der Waals surface area contributed by atoms with Gasteiger partial charge in [-0.25, -0.2) is 0 Å². The Morgan fingerprint density at radius 2 is 1.80 bits per heavy atom. The smallest absolute Gasteiger partial charge is 0.0834 e. The molecule has 0 aliphatic heterocycles. The van der Waals surface area contributed by atoms with Crippen LogP contribution in [0.5, 0.6) is 0 Å². The van der Waals surface area contributed by atoms with E-state index in [0.717, 1.165) is 12.3 Å². The largest absolute Gasteiger partial charge is 0.127 e. The summed E-state index contributed by atoms with van der Waals surface area (Å²) in [6.45, 7) is 4.83. The van der Waals surface area contributed by atoms with Gasteiger partial charge >= 0.3 is 0 Å². The van der Waals surface area contributed by atoms with E-state index in [2.05, 4.69) is 43.8 Å². The van der Waals surface area contributed by atoms with Crippen molar-refractivity contribution in [3.05, 3.63) is 30.3 Å². The molecule has 0 spiro atoms. The van der Waals surface area contributed by atoms with Gasteiger partial charge in [-0.3, -0.25) is 0 Å². The van der Waals surface area contributed by atoms with Crippen LogP contribution >= 0.6 is 11.6 Å². The number of alkyl halides is 1. The van der Waals surface area contributed by atoms with E-state index in [1.807, 2.05) is 0 Å². The Kier molecular flexibility index (Phi) is 5.41. The highest BCUT2D eigenvalue weighted by Crippen LogP contribution is 2.18. The monoisotopic (exact) mass is 240 g/mol. The third-order valence-corrected chi connectivity index (χ3v) is 8.38. The summed E-state index contributed by atoms with van der Waals surface area (Å²) in [5.41, 5.74) is 0. The van der Waals surface area contributed by atoms with E-state index in [4.69, 9.17) is 11.6 Å². The standard InChI is InChI=1S/C13H21ClSi/c1-3-15(2,12-8-7-11-14)13-9-5-4-6-10-13/h4-6,9-10H,3,7-8,11-12H2,1-2H3. The maximum Gasteiger partial charge on any atom is 0.0834 e. The highest BCUT2D eigenvalue weighted by atomic mass is 35.5. The van der Waals surface area contributed by atoms with Crippen molar-refractivity contribution in [3.63, 3.8) is 0 Å². The van der Waals surface area contributed by atoms with Crippen molar-refractivity contribution in [2.75, 3.05) is 5.88 Å². The maximum absolute atomic E-state index is 5.74. The average molecular weight is 241 g/mol. The van der Waals surface area contributed by atoms with E-state index in [-0.39, 0.29) is 0 Å². The molecule has 0 saturated carbocycles. The van der Waals surface area contributed by atoms with Crippen molar-refractivity contribution in [3.8, 4) is 0 Å². The molecular formula is C13H21ClSi. The Morgan fingerprint density at radius 1 is 1.13 bits per heavy atom. The molecule has 1 aromatic carbocycles. The lowest BCUT2D eigenvalue weighted by atomic mass is 10.4. The molecule has 2 heteroatoms. The zero-order chi connectivity index (χ0) is 11.1. The van der Waals surface area contributed by atoms with Gasteiger partial charge in [-0.15, -0.1) is 11.6 Å². The summed E-state index contributed by atoms with van der Waals surface area (Å²) < 4.78 is 0. The van der Waals surface area contributed by atoms with Crippen LogP contribution in [0.4, 0.5) is 0 Å². The summed E-state index contributed by atoms with van der Waals surface area (Å²) in [5.74, 6) is 0.809. The molecule has 0 heterocycles. The predicted molar refractivity (Wildman–Crippen MR) is 72.9 cm³/mol. The Morgan fingerprint density at radius 3 is 2.33 bits per heavy atom. The van der Waals surface area contributed by atoms with E-state index in [1.165, 1.54) is 18.5 Å². The van der Waals surface area contributed by atoms with Gasteiger partial charge in [0, 0.05) is 5.88 Å². The van der Waals surface area contributed by atoms with Crippen LogP contribution in [0.15, 0.2) is 30.3 Å². The molecule has 1 rings (SSSR count). The van der Waals surface area contributed by atoms with Crippen LogP contribution in [0.25, 0.3) is 0 Å². The number of rotatable bonds is 6. The van der Waals surface area contributed by atoms with E-state index in [0.29, 0.717) is 0 Å². The molecule has 0 saturated heterocycles. The number of halogens is 1. The van der Waals surface area contributed by atoms with Gasteiger partial charge in [0.25, 0.3) is 0 Å². The molecule has 0 aromatic heterocycles. The van der Waals surface area contributed by atoms with Gasteiger partial charge < -0.3 is 0 Å². The van der Waals surface area contributed by atoms with Gasteiger partial charge in [-0.1, -0.05) is 67.5 Å². The summed E-state index contributed by atoms with van der Waals surface area (Å²) in [4.78, 5) is 0. The van der Waals surface area contributed by atoms with E-state index in [1.54, 1.807) is 5.19 Å². The molecule has 1 atom stereocenters. The molecule has 1 aromatic rings. The van der Waals surface area contributed by atoms with Gasteiger partial charge in [-0.05, 0) is 6.42 Å². The molecule has 0 fully saturated rings. The molecule has 0 bridgehead atoms. The quantitative estimate of drug-likeness (QED) is 0.401. The lowest BCUT2D eigenvalue weighted by molar-refractivity contribution is 0.872. The van der Waals surface area contributed by atoms with Gasteiger partial charge in [0.05, 0.1) is 8.07 Å². The minimum absolute atomic E-state index is 0.809. The fourth-order valence-corrected chi connectivity index (χ4v) is 5.24. The SMILES string of the molecule is CC[Si](C)(CCCCCl)c1ccccc1. The molecule has 0 nitrogen and oxygen atoms in total. The van der Waals surface area contributed by atoms with Crippen molar-refractivity contribution in [2.24, 2.45) is 0 Å². The first-order valence-electron chi connectivity index (χ1n) is 5.84. The van der Waals surface area contributed by atoms with Crippen molar-refractivity contribution in [1.82, 2.24) is 0 Å². The molecule has 15 heavy (non-hydrogen) atoms. The van der Waals surface area contributed by atoms with Crippen LogP contribution < -0.4 is 5.19 Å². The van der Waals surface area contributed by atoms with Crippen LogP contribution in [-0.4, -0.2) is 14.0 Å². The normalized spacial score (nSPS) is 14.9. The molecule has 0 N–H and O–H groups in total. The minimum Gasteiger partial charge on any atom is -0.127 e. The van der Waals surface area contributed by atoms with Crippen LogP contribution in [0.2, 0.25) is 18.6 Å². The Labute approximate surface area is 99.7 Å². The molecule has 0 aliphatic rings. The first-order chi connectivity index (χ1) is 7.23. The van der Waals surface area contributed by atoms with Crippen molar-refractivity contribution in [2.45, 2.75) is 38.4 Å². The van der Waals surface area contributed by atoms with Crippen LogP contribution in [0.3, 0.4) is 0 Å². The molecule has 0 amide bonds. The first kappa shape index (κ1) is 12.8. The summed E-state index contributed by atoms with van der Waals surface area (Å²) in [6.07, 6.45) is 2.45. The predicted octanol–water partition coefficient (Wildman–Crippen LogP) is 4.01. The molecule has 0 radical (unpaired) electrons. The third-order valence-electron chi connectivity index (χ3n) is 3.36. The number of hydrogen-bond donors (Lipinski definition) is 0. The van der Waals surface area contributed by atoms with E-state index < -0.39 is 8.07 Å². The second kappa shape index (κ2) is 6.34. The average Bonchev–Trinajstić information content (AvgIpc) is 2.30. The van der Waals surface area contributed by atoms with Crippen LogP contribution in [0.1, 0.15) is 19.8 Å². The second-order valence-corrected chi connectivity index (χ2v) is 9.71.